The summed E-state index contributed by atoms with van der Waals surface area (Å²) in [6.45, 7) is 4.17. The van der Waals surface area contributed by atoms with E-state index in [1.165, 1.54) is 6.42 Å². The topological polar surface area (TPSA) is 92.0 Å². The predicted molar refractivity (Wildman–Crippen MR) is 115 cm³/mol. The quantitative estimate of drug-likeness (QED) is 0.742. The van der Waals surface area contributed by atoms with Crippen molar-refractivity contribution in [1.29, 1.82) is 0 Å². The first-order valence-corrected chi connectivity index (χ1v) is 10.5. The molecule has 0 aromatic carbocycles. The normalized spacial score (nSPS) is 19.7. The van der Waals surface area contributed by atoms with Gasteiger partial charge in [0.25, 0.3) is 0 Å². The van der Waals surface area contributed by atoms with Crippen molar-refractivity contribution in [3.05, 3.63) is 47.0 Å². The molecular formula is C21H29N6O2-. The molecule has 2 N–H and O–H groups in total. The summed E-state index contributed by atoms with van der Waals surface area (Å²) in [7, 11) is 0. The molecule has 2 aliphatic rings. The van der Waals surface area contributed by atoms with Crippen LogP contribution >= 0.6 is 0 Å². The average Bonchev–Trinajstić information content (AvgIpc) is 3.16. The monoisotopic (exact) mass is 397 g/mol. The molecule has 4 rings (SSSR count). The van der Waals surface area contributed by atoms with E-state index in [9.17, 15) is 10.3 Å². The minimum absolute atomic E-state index is 0.188. The van der Waals surface area contributed by atoms with Crippen molar-refractivity contribution in [1.82, 2.24) is 19.7 Å². The smallest absolute Gasteiger partial charge is 0.162 e. The van der Waals surface area contributed by atoms with Gasteiger partial charge in [0.2, 0.25) is 0 Å². The lowest BCUT2D eigenvalue weighted by molar-refractivity contribution is 0.262. The molecule has 0 unspecified atom stereocenters. The third kappa shape index (κ3) is 4.23. The summed E-state index contributed by atoms with van der Waals surface area (Å²) in [4.78, 5) is 7.28. The molecule has 29 heavy (non-hydrogen) atoms. The summed E-state index contributed by atoms with van der Waals surface area (Å²) in [5, 5.41) is 30.0. The Hall–Kier alpha value is -2.58. The minimum atomic E-state index is 0.188. The molecule has 1 atom stereocenters. The van der Waals surface area contributed by atoms with Crippen LogP contribution in [-0.2, 0) is 6.42 Å². The van der Waals surface area contributed by atoms with Crippen LogP contribution in [0, 0.1) is 5.21 Å². The number of hydroxylamine groups is 2. The molecule has 0 bridgehead atoms. The van der Waals surface area contributed by atoms with Gasteiger partial charge < -0.3 is 25.6 Å². The summed E-state index contributed by atoms with van der Waals surface area (Å²) in [5.74, 6) is 1.78. The molecule has 4 heterocycles. The van der Waals surface area contributed by atoms with Crippen LogP contribution in [0.1, 0.15) is 38.2 Å². The highest BCUT2D eigenvalue weighted by molar-refractivity contribution is 5.62. The number of piperidine rings is 1. The van der Waals surface area contributed by atoms with Gasteiger partial charge in [0.05, 0.1) is 6.20 Å². The molecular weight excluding hydrogens is 368 g/mol. The molecule has 156 valence electrons. The van der Waals surface area contributed by atoms with Crippen LogP contribution < -0.4 is 10.2 Å². The fourth-order valence-corrected chi connectivity index (χ4v) is 4.16. The van der Waals surface area contributed by atoms with Crippen molar-refractivity contribution >= 4 is 17.3 Å². The fraction of sp³-hybridized carbons (Fsp3) is 0.524. The molecule has 8 nitrogen and oxygen atoms in total. The van der Waals surface area contributed by atoms with E-state index < -0.39 is 0 Å². The molecule has 1 saturated heterocycles. The molecule has 1 fully saturated rings. The number of aliphatic hydroxyl groups is 1. The Labute approximate surface area is 171 Å². The lowest BCUT2D eigenvalue weighted by Crippen LogP contribution is -2.40. The van der Waals surface area contributed by atoms with Crippen LogP contribution in [0.25, 0.3) is 5.65 Å². The van der Waals surface area contributed by atoms with E-state index in [0.29, 0.717) is 19.1 Å². The highest BCUT2D eigenvalue weighted by atomic mass is 16.5. The number of aliphatic hydroxyl groups excluding tert-OH is 1. The number of nitrogens with zero attached hydrogens (tertiary/aromatic N) is 5. The highest BCUT2D eigenvalue weighted by Gasteiger charge is 2.24. The summed E-state index contributed by atoms with van der Waals surface area (Å²) >= 11 is 0. The number of hydrogen-bond donors (Lipinski definition) is 2. The fourth-order valence-electron chi connectivity index (χ4n) is 4.16. The van der Waals surface area contributed by atoms with Gasteiger partial charge in [-0.2, -0.15) is 9.61 Å². The summed E-state index contributed by atoms with van der Waals surface area (Å²) in [6, 6.07) is 2.35. The predicted octanol–water partition coefficient (Wildman–Crippen LogP) is 2.70. The number of aromatic nitrogens is 3. The van der Waals surface area contributed by atoms with E-state index in [1.54, 1.807) is 6.20 Å². The van der Waals surface area contributed by atoms with E-state index in [2.05, 4.69) is 22.2 Å². The summed E-state index contributed by atoms with van der Waals surface area (Å²) in [5.41, 5.74) is 2.89. The van der Waals surface area contributed by atoms with E-state index >= 15 is 0 Å². The van der Waals surface area contributed by atoms with Crippen molar-refractivity contribution in [2.24, 2.45) is 0 Å². The second kappa shape index (κ2) is 8.84. The van der Waals surface area contributed by atoms with Gasteiger partial charge in [0, 0.05) is 43.9 Å². The van der Waals surface area contributed by atoms with Gasteiger partial charge >= 0.3 is 0 Å². The average molecular weight is 398 g/mol. The van der Waals surface area contributed by atoms with Gasteiger partial charge in [-0.15, -0.1) is 0 Å². The van der Waals surface area contributed by atoms with Gasteiger partial charge in [-0.25, -0.2) is 4.98 Å². The maximum absolute atomic E-state index is 11.6. The van der Waals surface area contributed by atoms with Crippen LogP contribution in [0.15, 0.2) is 36.2 Å². The zero-order valence-electron chi connectivity index (χ0n) is 16.9. The first-order chi connectivity index (χ1) is 14.2. The molecule has 0 spiro atoms. The second-order valence-corrected chi connectivity index (χ2v) is 7.67. The number of nitrogens with one attached hydrogen (secondary N) is 1. The molecule has 0 amide bonds. The SMILES string of the molecule is CCc1cnn2c(NCC3=CN([O-])CC=C3)cc(N3CCCC[C@H]3CCO)nc12. The second-order valence-electron chi connectivity index (χ2n) is 7.67. The number of aryl methyl sites for hydroxylation is 1. The Balaban J connectivity index is 1.67. The molecule has 2 aliphatic heterocycles. The van der Waals surface area contributed by atoms with Gasteiger partial charge in [0.1, 0.15) is 11.6 Å². The first kappa shape index (κ1) is 19.7. The van der Waals surface area contributed by atoms with Crippen molar-refractivity contribution in [2.75, 3.05) is 36.5 Å². The Morgan fingerprint density at radius 3 is 3.03 bits per heavy atom. The summed E-state index contributed by atoms with van der Waals surface area (Å²) < 4.78 is 1.84. The Morgan fingerprint density at radius 2 is 2.24 bits per heavy atom. The Kier molecular flexibility index (Phi) is 6.01. The van der Waals surface area contributed by atoms with Crippen LogP contribution in [0.2, 0.25) is 0 Å². The van der Waals surface area contributed by atoms with Crippen LogP contribution in [-0.4, -0.2) is 57.1 Å². The van der Waals surface area contributed by atoms with Gasteiger partial charge in [-0.1, -0.05) is 19.1 Å². The Morgan fingerprint density at radius 1 is 1.34 bits per heavy atom. The van der Waals surface area contributed by atoms with E-state index in [-0.39, 0.29) is 6.61 Å². The first-order valence-electron chi connectivity index (χ1n) is 10.5. The highest BCUT2D eigenvalue weighted by Crippen LogP contribution is 2.29. The van der Waals surface area contributed by atoms with Gasteiger partial charge in [-0.3, -0.25) is 0 Å². The molecule has 2 aromatic rings. The molecule has 8 heteroatoms. The number of hydrogen-bond acceptors (Lipinski definition) is 7. The zero-order chi connectivity index (χ0) is 20.2. The lowest BCUT2D eigenvalue weighted by Gasteiger charge is -2.36. The zero-order valence-corrected chi connectivity index (χ0v) is 16.9. The van der Waals surface area contributed by atoms with E-state index in [0.717, 1.165) is 65.7 Å². The molecule has 2 aromatic heterocycles. The van der Waals surface area contributed by atoms with Gasteiger partial charge in [0.15, 0.2) is 5.65 Å². The molecule has 0 radical (unpaired) electrons. The maximum atomic E-state index is 11.6. The Bertz CT molecular complexity index is 904. The summed E-state index contributed by atoms with van der Waals surface area (Å²) in [6.07, 6.45) is 12.4. The van der Waals surface area contributed by atoms with Crippen molar-refractivity contribution < 1.29 is 5.11 Å². The third-order valence-electron chi connectivity index (χ3n) is 5.70. The van der Waals surface area contributed by atoms with Crippen LogP contribution in [0.3, 0.4) is 0 Å². The standard InChI is InChI=1S/C21H29N6O2/c1-2-17-14-23-27-19(22-13-16-6-5-9-25(29)15-16)12-20(24-21(17)27)26-10-4-3-7-18(26)8-11-28/h5-6,12,14-15,18,22,28H,2-4,7-11,13H2,1H3/q-1/t18-/m0/s1. The molecule has 0 aliphatic carbocycles. The van der Waals surface area contributed by atoms with Crippen molar-refractivity contribution in [2.45, 2.75) is 45.1 Å². The number of rotatable bonds is 7. The largest absolute Gasteiger partial charge is 0.758 e. The molecule has 0 saturated carbocycles. The van der Waals surface area contributed by atoms with Crippen molar-refractivity contribution in [3.63, 3.8) is 0 Å². The lowest BCUT2D eigenvalue weighted by atomic mass is 9.99. The number of fused-ring (bicyclic) bond motifs is 1. The minimum Gasteiger partial charge on any atom is -0.758 e. The van der Waals surface area contributed by atoms with Gasteiger partial charge in [-0.05, 0) is 43.9 Å². The van der Waals surface area contributed by atoms with E-state index in [4.69, 9.17) is 4.98 Å². The third-order valence-corrected chi connectivity index (χ3v) is 5.70. The number of anilines is 2. The van der Waals surface area contributed by atoms with Crippen LogP contribution in [0.5, 0.6) is 0 Å². The van der Waals surface area contributed by atoms with E-state index in [1.807, 2.05) is 28.9 Å². The maximum Gasteiger partial charge on any atom is 0.162 e. The van der Waals surface area contributed by atoms with Crippen LogP contribution in [0.4, 0.5) is 11.6 Å². The van der Waals surface area contributed by atoms with Crippen molar-refractivity contribution in [3.8, 4) is 0 Å².